The molecule has 96 valence electrons. The first-order chi connectivity index (χ1) is 8.18. The number of urea groups is 1. The number of fused-ring (bicyclic) bond motifs is 1. The molecule has 17 heavy (non-hydrogen) atoms. The molecule has 2 aliphatic rings. The smallest absolute Gasteiger partial charge is 0.320 e. The van der Waals surface area contributed by atoms with E-state index in [-0.39, 0.29) is 12.5 Å². The summed E-state index contributed by atoms with van der Waals surface area (Å²) in [4.78, 5) is 26.3. The van der Waals surface area contributed by atoms with Gasteiger partial charge in [0.15, 0.2) is 0 Å². The number of carboxylic acid groups (broad SMARTS) is 1. The lowest BCUT2D eigenvalue weighted by atomic mass is 10.0. The van der Waals surface area contributed by atoms with Gasteiger partial charge in [-0.25, -0.2) is 4.79 Å². The molecule has 0 aromatic rings. The number of hydrogen-bond acceptors (Lipinski definition) is 2. The lowest BCUT2D eigenvalue weighted by Crippen LogP contribution is -2.38. The fourth-order valence-electron chi connectivity index (χ4n) is 2.72. The van der Waals surface area contributed by atoms with Gasteiger partial charge in [-0.15, -0.1) is 0 Å². The van der Waals surface area contributed by atoms with Crippen LogP contribution in [0.4, 0.5) is 4.79 Å². The van der Waals surface area contributed by atoms with E-state index in [1.807, 2.05) is 9.80 Å². The lowest BCUT2D eigenvalue weighted by Gasteiger charge is -2.27. The molecule has 0 aromatic carbocycles. The van der Waals surface area contributed by atoms with Gasteiger partial charge in [-0.3, -0.25) is 4.79 Å². The molecule has 0 spiro atoms. The molecular formula is C12H20N2O3. The van der Waals surface area contributed by atoms with Crippen LogP contribution < -0.4 is 0 Å². The van der Waals surface area contributed by atoms with E-state index in [4.69, 9.17) is 5.11 Å². The highest BCUT2D eigenvalue weighted by molar-refractivity contribution is 5.77. The molecule has 1 atom stereocenters. The van der Waals surface area contributed by atoms with Gasteiger partial charge in [0.05, 0.1) is 6.04 Å². The predicted octanol–water partition coefficient (Wildman–Crippen LogP) is 1.53. The van der Waals surface area contributed by atoms with Crippen molar-refractivity contribution in [1.82, 2.24) is 9.80 Å². The molecule has 2 fully saturated rings. The van der Waals surface area contributed by atoms with Crippen molar-refractivity contribution in [3.05, 3.63) is 0 Å². The highest BCUT2D eigenvalue weighted by Gasteiger charge is 2.37. The topological polar surface area (TPSA) is 60.9 Å². The number of aliphatic carboxylic acids is 1. The number of hydrogen-bond donors (Lipinski definition) is 1. The summed E-state index contributed by atoms with van der Waals surface area (Å²) < 4.78 is 0. The summed E-state index contributed by atoms with van der Waals surface area (Å²) in [6.07, 6.45) is 5.12. The van der Waals surface area contributed by atoms with Crippen molar-refractivity contribution in [2.75, 3.05) is 19.6 Å². The Hall–Kier alpha value is -1.26. The van der Waals surface area contributed by atoms with Crippen LogP contribution in [0.1, 0.15) is 38.5 Å². The van der Waals surface area contributed by atoms with Gasteiger partial charge in [-0.05, 0) is 32.1 Å². The van der Waals surface area contributed by atoms with E-state index in [1.165, 1.54) is 6.42 Å². The summed E-state index contributed by atoms with van der Waals surface area (Å²) in [5, 5.41) is 8.54. The van der Waals surface area contributed by atoms with E-state index >= 15 is 0 Å². The third kappa shape index (κ3) is 2.90. The van der Waals surface area contributed by atoms with E-state index < -0.39 is 5.97 Å². The van der Waals surface area contributed by atoms with Crippen molar-refractivity contribution in [2.45, 2.75) is 44.6 Å². The number of carbonyl (C=O) groups excluding carboxylic acids is 1. The van der Waals surface area contributed by atoms with E-state index in [9.17, 15) is 9.59 Å². The van der Waals surface area contributed by atoms with Gasteiger partial charge in [-0.1, -0.05) is 0 Å². The third-order valence-corrected chi connectivity index (χ3v) is 3.64. The molecule has 2 rings (SSSR count). The number of nitrogens with zero attached hydrogens (tertiary/aromatic N) is 2. The second-order valence-corrected chi connectivity index (χ2v) is 4.92. The number of carboxylic acids is 1. The fraction of sp³-hybridized carbons (Fsp3) is 0.833. The Labute approximate surface area is 101 Å². The molecule has 0 saturated carbocycles. The van der Waals surface area contributed by atoms with Gasteiger partial charge >= 0.3 is 12.0 Å². The molecule has 2 saturated heterocycles. The molecule has 2 amide bonds. The number of unbranched alkanes of at least 4 members (excludes halogenated alkanes) is 1. The van der Waals surface area contributed by atoms with Crippen LogP contribution in [0.2, 0.25) is 0 Å². The Bertz CT molecular complexity index is 306. The maximum Gasteiger partial charge on any atom is 0.320 e. The van der Waals surface area contributed by atoms with Crippen molar-refractivity contribution < 1.29 is 14.7 Å². The third-order valence-electron chi connectivity index (χ3n) is 3.64. The van der Waals surface area contributed by atoms with Gasteiger partial charge in [0.2, 0.25) is 0 Å². The number of piperidine rings is 1. The molecule has 5 nitrogen and oxygen atoms in total. The van der Waals surface area contributed by atoms with Gasteiger partial charge in [0.1, 0.15) is 0 Å². The minimum atomic E-state index is -0.754. The number of carbonyl (C=O) groups is 2. The SMILES string of the molecule is O=C(O)CCCCN1C[C@@H]2CCCCN2C1=O. The predicted molar refractivity (Wildman–Crippen MR) is 62.8 cm³/mol. The highest BCUT2D eigenvalue weighted by Crippen LogP contribution is 2.25. The molecule has 5 heteroatoms. The average Bonchev–Trinajstić information content (AvgIpc) is 2.63. The zero-order valence-electron chi connectivity index (χ0n) is 10.1. The average molecular weight is 240 g/mol. The van der Waals surface area contributed by atoms with Crippen molar-refractivity contribution >= 4 is 12.0 Å². The summed E-state index contributed by atoms with van der Waals surface area (Å²) in [6.45, 7) is 2.44. The zero-order chi connectivity index (χ0) is 12.3. The molecule has 0 radical (unpaired) electrons. The largest absolute Gasteiger partial charge is 0.481 e. The molecule has 0 aromatic heterocycles. The van der Waals surface area contributed by atoms with Gasteiger partial charge in [0.25, 0.3) is 0 Å². The standard InChI is InChI=1S/C12H20N2O3/c15-11(16)6-2-3-7-13-9-10-5-1-4-8-14(10)12(13)17/h10H,1-9H2,(H,15,16)/t10-/m0/s1. The summed E-state index contributed by atoms with van der Waals surface area (Å²) >= 11 is 0. The highest BCUT2D eigenvalue weighted by atomic mass is 16.4. The quantitative estimate of drug-likeness (QED) is 0.741. The van der Waals surface area contributed by atoms with Gasteiger partial charge < -0.3 is 14.9 Å². The minimum Gasteiger partial charge on any atom is -0.481 e. The van der Waals surface area contributed by atoms with E-state index in [0.717, 1.165) is 32.4 Å². The number of rotatable bonds is 5. The van der Waals surface area contributed by atoms with E-state index in [0.29, 0.717) is 19.0 Å². The van der Waals surface area contributed by atoms with Crippen molar-refractivity contribution in [3.63, 3.8) is 0 Å². The molecule has 0 bridgehead atoms. The van der Waals surface area contributed by atoms with Crippen molar-refractivity contribution in [3.8, 4) is 0 Å². The zero-order valence-corrected chi connectivity index (χ0v) is 10.1. The van der Waals surface area contributed by atoms with Crippen molar-refractivity contribution in [2.24, 2.45) is 0 Å². The molecule has 0 unspecified atom stereocenters. The van der Waals surface area contributed by atoms with Crippen LogP contribution in [0.15, 0.2) is 0 Å². The summed E-state index contributed by atoms with van der Waals surface area (Å²) in [7, 11) is 0. The normalized spacial score (nSPS) is 24.0. The summed E-state index contributed by atoms with van der Waals surface area (Å²) in [5.74, 6) is -0.754. The monoisotopic (exact) mass is 240 g/mol. The van der Waals surface area contributed by atoms with Crippen LogP contribution in [0, 0.1) is 0 Å². The minimum absolute atomic E-state index is 0.157. The second kappa shape index (κ2) is 5.38. The Kier molecular flexibility index (Phi) is 3.86. The first kappa shape index (κ1) is 12.2. The fourth-order valence-corrected chi connectivity index (χ4v) is 2.72. The Balaban J connectivity index is 1.74. The second-order valence-electron chi connectivity index (χ2n) is 4.92. The maximum absolute atomic E-state index is 12.0. The Morgan fingerprint density at radius 3 is 2.88 bits per heavy atom. The van der Waals surface area contributed by atoms with E-state index in [1.54, 1.807) is 0 Å². The van der Waals surface area contributed by atoms with Gasteiger partial charge in [0, 0.05) is 26.1 Å². The van der Waals surface area contributed by atoms with Crippen LogP contribution >= 0.6 is 0 Å². The molecule has 2 aliphatic heterocycles. The summed E-state index contributed by atoms with van der Waals surface area (Å²) in [5.41, 5.74) is 0. The summed E-state index contributed by atoms with van der Waals surface area (Å²) in [6, 6.07) is 0.570. The first-order valence-corrected chi connectivity index (χ1v) is 6.46. The molecule has 1 N–H and O–H groups in total. The first-order valence-electron chi connectivity index (χ1n) is 6.46. The Morgan fingerprint density at radius 1 is 1.35 bits per heavy atom. The maximum atomic E-state index is 12.0. The molecule has 2 heterocycles. The number of amides is 2. The van der Waals surface area contributed by atoms with Gasteiger partial charge in [-0.2, -0.15) is 0 Å². The van der Waals surface area contributed by atoms with Crippen LogP contribution in [-0.2, 0) is 4.79 Å². The van der Waals surface area contributed by atoms with Crippen LogP contribution in [0.5, 0.6) is 0 Å². The van der Waals surface area contributed by atoms with Crippen LogP contribution in [0.25, 0.3) is 0 Å². The van der Waals surface area contributed by atoms with Crippen LogP contribution in [-0.4, -0.2) is 52.6 Å². The van der Waals surface area contributed by atoms with Crippen LogP contribution in [0.3, 0.4) is 0 Å². The molecular weight excluding hydrogens is 220 g/mol. The molecule has 0 aliphatic carbocycles. The van der Waals surface area contributed by atoms with Crippen molar-refractivity contribution in [1.29, 1.82) is 0 Å². The van der Waals surface area contributed by atoms with E-state index in [2.05, 4.69) is 0 Å². The Morgan fingerprint density at radius 2 is 2.18 bits per heavy atom. The lowest BCUT2D eigenvalue weighted by molar-refractivity contribution is -0.137.